The monoisotopic (exact) mass is 226 g/mol. The molecule has 2 nitrogen and oxygen atoms in total. The summed E-state index contributed by atoms with van der Waals surface area (Å²) < 4.78 is 0. The number of hydrazine groups is 1. The minimum atomic E-state index is 0.184. The average Bonchev–Trinajstić information content (AvgIpc) is 2.19. The Morgan fingerprint density at radius 2 is 2.20 bits per heavy atom. The first-order valence-electron chi connectivity index (χ1n) is 5.40. The van der Waals surface area contributed by atoms with Crippen molar-refractivity contribution in [2.45, 2.75) is 32.7 Å². The van der Waals surface area contributed by atoms with Gasteiger partial charge in [-0.15, -0.1) is 0 Å². The van der Waals surface area contributed by atoms with Crippen LogP contribution in [0.4, 0.5) is 0 Å². The van der Waals surface area contributed by atoms with Gasteiger partial charge in [-0.3, -0.25) is 11.3 Å². The second-order valence-electron chi connectivity index (χ2n) is 3.97. The molecule has 0 spiro atoms. The minimum absolute atomic E-state index is 0.184. The molecular weight excluding hydrogens is 208 g/mol. The lowest BCUT2D eigenvalue weighted by Gasteiger charge is -2.23. The molecule has 0 amide bonds. The normalized spacial score (nSPS) is 14.9. The van der Waals surface area contributed by atoms with Crippen molar-refractivity contribution in [1.29, 1.82) is 0 Å². The van der Waals surface area contributed by atoms with Gasteiger partial charge in [0.25, 0.3) is 0 Å². The van der Waals surface area contributed by atoms with Gasteiger partial charge < -0.3 is 0 Å². The maximum atomic E-state index is 5.96. The van der Waals surface area contributed by atoms with Crippen molar-refractivity contribution in [3.63, 3.8) is 0 Å². The molecule has 2 unspecified atom stereocenters. The number of nitrogens with one attached hydrogen (secondary N) is 1. The number of hydrogen-bond acceptors (Lipinski definition) is 2. The van der Waals surface area contributed by atoms with E-state index < -0.39 is 0 Å². The Labute approximate surface area is 96.8 Å². The minimum Gasteiger partial charge on any atom is -0.271 e. The Morgan fingerprint density at radius 1 is 1.47 bits per heavy atom. The van der Waals surface area contributed by atoms with Crippen molar-refractivity contribution in [1.82, 2.24) is 5.43 Å². The molecule has 0 saturated heterocycles. The van der Waals surface area contributed by atoms with Crippen LogP contribution in [0.25, 0.3) is 0 Å². The van der Waals surface area contributed by atoms with Crippen LogP contribution in [0, 0.1) is 5.92 Å². The summed E-state index contributed by atoms with van der Waals surface area (Å²) in [4.78, 5) is 0. The molecule has 0 aliphatic carbocycles. The summed E-state index contributed by atoms with van der Waals surface area (Å²) in [6.45, 7) is 4.39. The molecular formula is C12H19ClN2. The maximum Gasteiger partial charge on any atom is 0.0486 e. The molecule has 84 valence electrons. The highest BCUT2D eigenvalue weighted by molar-refractivity contribution is 6.30. The summed E-state index contributed by atoms with van der Waals surface area (Å²) in [5.41, 5.74) is 4.03. The van der Waals surface area contributed by atoms with Crippen LogP contribution in [0.1, 0.15) is 38.3 Å². The molecule has 1 aromatic rings. The van der Waals surface area contributed by atoms with Gasteiger partial charge in [0.15, 0.2) is 0 Å². The molecule has 2 atom stereocenters. The standard InChI is InChI=1S/C12H19ClN2/c1-3-5-9(2)12(15-14)10-6-4-7-11(13)8-10/h4,6-9,12,15H,3,5,14H2,1-2H3. The number of rotatable bonds is 5. The molecule has 0 bridgehead atoms. The van der Waals surface area contributed by atoms with Crippen LogP contribution >= 0.6 is 11.6 Å². The molecule has 1 rings (SSSR count). The predicted molar refractivity (Wildman–Crippen MR) is 65.6 cm³/mol. The van der Waals surface area contributed by atoms with Crippen LogP contribution in [-0.4, -0.2) is 0 Å². The van der Waals surface area contributed by atoms with E-state index in [0.29, 0.717) is 5.92 Å². The van der Waals surface area contributed by atoms with Crippen LogP contribution < -0.4 is 11.3 Å². The highest BCUT2D eigenvalue weighted by atomic mass is 35.5. The number of benzene rings is 1. The summed E-state index contributed by atoms with van der Waals surface area (Å²) >= 11 is 5.96. The predicted octanol–water partition coefficient (Wildman–Crippen LogP) is 3.28. The summed E-state index contributed by atoms with van der Waals surface area (Å²) in [5, 5.41) is 0.761. The smallest absolute Gasteiger partial charge is 0.0486 e. The van der Waals surface area contributed by atoms with Crippen LogP contribution in [-0.2, 0) is 0 Å². The van der Waals surface area contributed by atoms with Crippen molar-refractivity contribution in [3.05, 3.63) is 34.9 Å². The third-order valence-corrected chi connectivity index (χ3v) is 2.94. The summed E-state index contributed by atoms with van der Waals surface area (Å²) in [7, 11) is 0. The fourth-order valence-corrected chi connectivity index (χ4v) is 2.11. The second kappa shape index (κ2) is 6.11. The highest BCUT2D eigenvalue weighted by Gasteiger charge is 2.16. The molecule has 0 saturated carbocycles. The van der Waals surface area contributed by atoms with Gasteiger partial charge in [0.1, 0.15) is 0 Å². The summed E-state index contributed by atoms with van der Waals surface area (Å²) in [6.07, 6.45) is 2.32. The lowest BCUT2D eigenvalue weighted by atomic mass is 9.91. The van der Waals surface area contributed by atoms with E-state index in [1.807, 2.05) is 18.2 Å². The fraction of sp³-hybridized carbons (Fsp3) is 0.500. The Morgan fingerprint density at radius 3 is 2.73 bits per heavy atom. The van der Waals surface area contributed by atoms with Gasteiger partial charge in [-0.2, -0.15) is 0 Å². The molecule has 0 radical (unpaired) electrons. The Balaban J connectivity index is 2.82. The fourth-order valence-electron chi connectivity index (χ4n) is 1.91. The third kappa shape index (κ3) is 3.49. The lowest BCUT2D eigenvalue weighted by Crippen LogP contribution is -2.32. The second-order valence-corrected chi connectivity index (χ2v) is 4.40. The Kier molecular flexibility index (Phi) is 5.09. The number of halogens is 1. The van der Waals surface area contributed by atoms with Gasteiger partial charge in [-0.05, 0) is 30.0 Å². The van der Waals surface area contributed by atoms with Gasteiger partial charge in [-0.25, -0.2) is 0 Å². The van der Waals surface area contributed by atoms with Crippen LogP contribution in [0.3, 0.4) is 0 Å². The van der Waals surface area contributed by atoms with E-state index in [4.69, 9.17) is 17.4 Å². The van der Waals surface area contributed by atoms with Gasteiger partial charge >= 0.3 is 0 Å². The van der Waals surface area contributed by atoms with Crippen LogP contribution in [0.15, 0.2) is 24.3 Å². The average molecular weight is 227 g/mol. The summed E-state index contributed by atoms with van der Waals surface area (Å²) in [5.74, 6) is 6.11. The Bertz CT molecular complexity index is 301. The van der Waals surface area contributed by atoms with E-state index in [1.54, 1.807) is 0 Å². The van der Waals surface area contributed by atoms with E-state index in [1.165, 1.54) is 6.42 Å². The first-order chi connectivity index (χ1) is 7.19. The van der Waals surface area contributed by atoms with E-state index in [0.717, 1.165) is 17.0 Å². The first-order valence-corrected chi connectivity index (χ1v) is 5.78. The van der Waals surface area contributed by atoms with Gasteiger partial charge in [0.2, 0.25) is 0 Å². The van der Waals surface area contributed by atoms with E-state index in [2.05, 4.69) is 25.3 Å². The highest BCUT2D eigenvalue weighted by Crippen LogP contribution is 2.26. The zero-order valence-electron chi connectivity index (χ0n) is 9.33. The first kappa shape index (κ1) is 12.5. The van der Waals surface area contributed by atoms with E-state index in [-0.39, 0.29) is 6.04 Å². The molecule has 0 aromatic heterocycles. The van der Waals surface area contributed by atoms with Crippen molar-refractivity contribution in [3.8, 4) is 0 Å². The molecule has 3 N–H and O–H groups in total. The third-order valence-electron chi connectivity index (χ3n) is 2.70. The topological polar surface area (TPSA) is 38.0 Å². The number of hydrogen-bond donors (Lipinski definition) is 2. The van der Waals surface area contributed by atoms with Gasteiger partial charge in [0.05, 0.1) is 0 Å². The molecule has 0 heterocycles. The van der Waals surface area contributed by atoms with E-state index >= 15 is 0 Å². The maximum absolute atomic E-state index is 5.96. The molecule has 1 aromatic carbocycles. The van der Waals surface area contributed by atoms with Gasteiger partial charge in [-0.1, -0.05) is 44.0 Å². The van der Waals surface area contributed by atoms with E-state index in [9.17, 15) is 0 Å². The molecule has 0 aliphatic heterocycles. The molecule has 0 fully saturated rings. The van der Waals surface area contributed by atoms with Crippen molar-refractivity contribution >= 4 is 11.6 Å². The Hall–Kier alpha value is -0.570. The largest absolute Gasteiger partial charge is 0.271 e. The number of nitrogens with two attached hydrogens (primary N) is 1. The van der Waals surface area contributed by atoms with Crippen LogP contribution in [0.5, 0.6) is 0 Å². The van der Waals surface area contributed by atoms with Gasteiger partial charge in [0, 0.05) is 11.1 Å². The molecule has 0 aliphatic rings. The summed E-state index contributed by atoms with van der Waals surface area (Å²) in [6, 6.07) is 8.05. The van der Waals surface area contributed by atoms with Crippen molar-refractivity contribution in [2.75, 3.05) is 0 Å². The zero-order valence-corrected chi connectivity index (χ0v) is 10.1. The van der Waals surface area contributed by atoms with Crippen LogP contribution in [0.2, 0.25) is 5.02 Å². The SMILES string of the molecule is CCCC(C)C(NN)c1cccc(Cl)c1. The lowest BCUT2D eigenvalue weighted by molar-refractivity contribution is 0.368. The molecule has 3 heteroatoms. The quantitative estimate of drug-likeness (QED) is 0.597. The van der Waals surface area contributed by atoms with Crippen molar-refractivity contribution in [2.24, 2.45) is 11.8 Å². The molecule has 15 heavy (non-hydrogen) atoms. The van der Waals surface area contributed by atoms with Crippen molar-refractivity contribution < 1.29 is 0 Å². The zero-order chi connectivity index (χ0) is 11.3.